The molecule has 0 unspecified atom stereocenters. The zero-order valence-electron chi connectivity index (χ0n) is 11.0. The molecular formula is C12H13BrFN3O4. The Hall–Kier alpha value is -1.29. The zero-order valence-corrected chi connectivity index (χ0v) is 12.6. The number of fused-ring (bicyclic) bond motifs is 1. The summed E-state index contributed by atoms with van der Waals surface area (Å²) >= 11 is 3.36. The molecule has 9 heteroatoms. The molecule has 0 spiro atoms. The molecule has 0 aliphatic carbocycles. The molecule has 0 amide bonds. The largest absolute Gasteiger partial charge is 0.480 e. The molecule has 0 radical (unpaired) electrons. The number of methoxy groups -OCH3 is 1. The van der Waals surface area contributed by atoms with Crippen LogP contribution >= 0.6 is 15.9 Å². The van der Waals surface area contributed by atoms with E-state index in [0.29, 0.717) is 21.4 Å². The zero-order chi connectivity index (χ0) is 15.1. The van der Waals surface area contributed by atoms with Gasteiger partial charge in [-0.25, -0.2) is 14.4 Å². The van der Waals surface area contributed by atoms with Gasteiger partial charge >= 0.3 is 0 Å². The summed E-state index contributed by atoms with van der Waals surface area (Å²) in [6.45, 7) is -0.507. The molecule has 2 aromatic rings. The fourth-order valence-corrected chi connectivity index (χ4v) is 3.02. The number of hydrogen-bond donors (Lipinski definition) is 2. The molecule has 2 aromatic heterocycles. The third kappa shape index (κ3) is 2.20. The fourth-order valence-electron chi connectivity index (χ4n) is 2.45. The average molecular weight is 362 g/mol. The summed E-state index contributed by atoms with van der Waals surface area (Å²) in [6, 6.07) is 0. The van der Waals surface area contributed by atoms with E-state index >= 15 is 0 Å². The summed E-state index contributed by atoms with van der Waals surface area (Å²) < 4.78 is 26.5. The van der Waals surface area contributed by atoms with Crippen molar-refractivity contribution in [2.45, 2.75) is 24.6 Å². The molecule has 21 heavy (non-hydrogen) atoms. The second-order valence-corrected chi connectivity index (χ2v) is 5.50. The number of alkyl halides is 1. The van der Waals surface area contributed by atoms with Gasteiger partial charge in [0.1, 0.15) is 18.5 Å². The maximum atomic E-state index is 13.9. The Bertz CT molecular complexity index is 667. The monoisotopic (exact) mass is 361 g/mol. The lowest BCUT2D eigenvalue weighted by molar-refractivity contribution is -0.0493. The van der Waals surface area contributed by atoms with Crippen LogP contribution in [0.3, 0.4) is 0 Å². The highest BCUT2D eigenvalue weighted by molar-refractivity contribution is 9.10. The minimum atomic E-state index is -1.67. The third-order valence-electron chi connectivity index (χ3n) is 3.46. The predicted octanol–water partition coefficient (Wildman–Crippen LogP) is 0.791. The number of aromatic nitrogens is 3. The number of hydrogen-bond acceptors (Lipinski definition) is 6. The Morgan fingerprint density at radius 3 is 2.90 bits per heavy atom. The third-order valence-corrected chi connectivity index (χ3v) is 4.06. The maximum Gasteiger partial charge on any atom is 0.226 e. The predicted molar refractivity (Wildman–Crippen MR) is 73.7 cm³/mol. The van der Waals surface area contributed by atoms with Gasteiger partial charge in [-0.1, -0.05) is 0 Å². The van der Waals surface area contributed by atoms with Gasteiger partial charge in [0.25, 0.3) is 0 Å². The van der Waals surface area contributed by atoms with Crippen molar-refractivity contribution in [3.8, 4) is 5.88 Å². The van der Waals surface area contributed by atoms with E-state index < -0.39 is 31.2 Å². The minimum Gasteiger partial charge on any atom is -0.480 e. The van der Waals surface area contributed by atoms with Crippen LogP contribution in [0.15, 0.2) is 17.0 Å². The molecule has 7 nitrogen and oxygen atoms in total. The van der Waals surface area contributed by atoms with E-state index in [1.807, 2.05) is 0 Å². The minimum absolute atomic E-state index is 0.355. The lowest BCUT2D eigenvalue weighted by atomic mass is 10.1. The van der Waals surface area contributed by atoms with Crippen molar-refractivity contribution in [2.24, 2.45) is 0 Å². The molecule has 0 bridgehead atoms. The second-order valence-electron chi connectivity index (χ2n) is 4.65. The molecule has 3 rings (SSSR count). The van der Waals surface area contributed by atoms with Crippen molar-refractivity contribution in [3.63, 3.8) is 0 Å². The van der Waals surface area contributed by atoms with E-state index in [0.717, 1.165) is 0 Å². The fraction of sp³-hybridized carbons (Fsp3) is 0.500. The van der Waals surface area contributed by atoms with Gasteiger partial charge in [0.2, 0.25) is 5.88 Å². The maximum absolute atomic E-state index is 13.9. The number of aliphatic hydroxyl groups excluding tert-OH is 2. The smallest absolute Gasteiger partial charge is 0.226 e. The van der Waals surface area contributed by atoms with Crippen molar-refractivity contribution in [2.75, 3.05) is 13.7 Å². The van der Waals surface area contributed by atoms with Crippen LogP contribution in [-0.4, -0.2) is 56.8 Å². The average Bonchev–Trinajstić information content (AvgIpc) is 2.98. The quantitative estimate of drug-likeness (QED) is 0.839. The number of aliphatic hydroxyl groups is 2. The molecular weight excluding hydrogens is 349 g/mol. The Labute approximate surface area is 127 Å². The summed E-state index contributed by atoms with van der Waals surface area (Å²) in [4.78, 5) is 8.13. The standard InChI is InChI=1S/C12H13BrFN3O4/c1-20-11-7-5(13)2-17(10(7)15-4-16-11)12-9(19)8(14)6(3-18)21-12/h2,4,6,8-9,12,18-19H,3H2,1H3/t6-,8-,9-,12-/m1/s1. The van der Waals surface area contributed by atoms with E-state index in [1.165, 1.54) is 18.0 Å². The van der Waals surface area contributed by atoms with Crippen LogP contribution in [-0.2, 0) is 4.74 Å². The highest BCUT2D eigenvalue weighted by atomic mass is 79.9. The van der Waals surface area contributed by atoms with Crippen LogP contribution in [0.1, 0.15) is 6.23 Å². The summed E-state index contributed by atoms with van der Waals surface area (Å²) in [7, 11) is 1.48. The SMILES string of the molecule is COc1ncnc2c1c(Br)cn2[C@@H]1O[C@H](CO)[C@@H](F)[C@H]1O. The van der Waals surface area contributed by atoms with Crippen LogP contribution in [0.5, 0.6) is 5.88 Å². The number of halogens is 2. The molecule has 0 aromatic carbocycles. The first-order chi connectivity index (χ1) is 10.1. The highest BCUT2D eigenvalue weighted by Gasteiger charge is 2.45. The summed E-state index contributed by atoms with van der Waals surface area (Å²) in [5, 5.41) is 19.7. The van der Waals surface area contributed by atoms with Crippen LogP contribution in [0.4, 0.5) is 4.39 Å². The molecule has 1 saturated heterocycles. The molecule has 114 valence electrons. The van der Waals surface area contributed by atoms with Crippen molar-refractivity contribution in [3.05, 3.63) is 17.0 Å². The Balaban J connectivity index is 2.10. The van der Waals surface area contributed by atoms with Crippen LogP contribution < -0.4 is 4.74 Å². The van der Waals surface area contributed by atoms with E-state index in [9.17, 15) is 9.50 Å². The Morgan fingerprint density at radius 2 is 2.29 bits per heavy atom. The molecule has 2 N–H and O–H groups in total. The van der Waals surface area contributed by atoms with Gasteiger partial charge in [-0.2, -0.15) is 0 Å². The highest BCUT2D eigenvalue weighted by Crippen LogP contribution is 2.38. The van der Waals surface area contributed by atoms with Gasteiger partial charge in [0, 0.05) is 6.20 Å². The van der Waals surface area contributed by atoms with Gasteiger partial charge in [0.15, 0.2) is 18.0 Å². The lowest BCUT2D eigenvalue weighted by Gasteiger charge is -2.16. The van der Waals surface area contributed by atoms with Crippen molar-refractivity contribution >= 4 is 27.0 Å². The molecule has 4 atom stereocenters. The molecule has 1 fully saturated rings. The topological polar surface area (TPSA) is 89.6 Å². The lowest BCUT2D eigenvalue weighted by Crippen LogP contribution is -2.29. The molecule has 0 saturated carbocycles. The summed E-state index contributed by atoms with van der Waals surface area (Å²) in [5.41, 5.74) is 0.434. The van der Waals surface area contributed by atoms with Gasteiger partial charge in [-0.15, -0.1) is 0 Å². The Morgan fingerprint density at radius 1 is 1.52 bits per heavy atom. The number of nitrogens with zero attached hydrogens (tertiary/aromatic N) is 3. The first-order valence-electron chi connectivity index (χ1n) is 6.22. The normalized spacial score (nSPS) is 29.2. The number of rotatable bonds is 3. The van der Waals surface area contributed by atoms with Gasteiger partial charge in [0.05, 0.1) is 23.6 Å². The Kier molecular flexibility index (Phi) is 3.82. The van der Waals surface area contributed by atoms with Crippen LogP contribution in [0, 0.1) is 0 Å². The van der Waals surface area contributed by atoms with Gasteiger partial charge in [-0.05, 0) is 15.9 Å². The van der Waals surface area contributed by atoms with E-state index in [2.05, 4.69) is 25.9 Å². The van der Waals surface area contributed by atoms with Gasteiger partial charge < -0.3 is 24.3 Å². The summed E-state index contributed by atoms with van der Waals surface area (Å²) in [5.74, 6) is 0.355. The van der Waals surface area contributed by atoms with Crippen molar-refractivity contribution in [1.29, 1.82) is 0 Å². The van der Waals surface area contributed by atoms with Crippen LogP contribution in [0.2, 0.25) is 0 Å². The first-order valence-corrected chi connectivity index (χ1v) is 7.01. The molecule has 3 heterocycles. The molecule has 1 aliphatic heterocycles. The number of ether oxygens (including phenoxy) is 2. The summed E-state index contributed by atoms with van der Waals surface area (Å²) in [6.07, 6.45) is -2.19. The van der Waals surface area contributed by atoms with E-state index in [1.54, 1.807) is 6.20 Å². The van der Waals surface area contributed by atoms with Gasteiger partial charge in [-0.3, -0.25) is 0 Å². The second kappa shape index (κ2) is 5.48. The first kappa shape index (κ1) is 14.6. The van der Waals surface area contributed by atoms with E-state index in [-0.39, 0.29) is 0 Å². The van der Waals surface area contributed by atoms with E-state index in [4.69, 9.17) is 14.6 Å². The van der Waals surface area contributed by atoms with Crippen molar-refractivity contribution in [1.82, 2.24) is 14.5 Å². The molecule has 1 aliphatic rings. The van der Waals surface area contributed by atoms with Crippen molar-refractivity contribution < 1.29 is 24.1 Å². The van der Waals surface area contributed by atoms with Crippen LogP contribution in [0.25, 0.3) is 11.0 Å².